The lowest BCUT2D eigenvalue weighted by Crippen LogP contribution is -2.41. The van der Waals surface area contributed by atoms with Gasteiger partial charge in [0.05, 0.1) is 0 Å². The number of amides is 1. The molecule has 0 N–H and O–H groups in total. The molecule has 2 nitrogen and oxygen atoms in total. The van der Waals surface area contributed by atoms with E-state index in [0.29, 0.717) is 17.9 Å². The molecular weight excluding hydrogens is 234 g/mol. The molecule has 3 aliphatic rings. The Kier molecular flexibility index (Phi) is 3.86. The first-order valence-electron chi connectivity index (χ1n) is 8.43. The first kappa shape index (κ1) is 13.5. The van der Waals surface area contributed by atoms with Crippen molar-refractivity contribution in [1.29, 1.82) is 0 Å². The van der Waals surface area contributed by atoms with E-state index in [1.54, 1.807) is 0 Å². The molecule has 1 amide bonds. The van der Waals surface area contributed by atoms with Crippen molar-refractivity contribution < 1.29 is 4.79 Å². The minimum Gasteiger partial charge on any atom is -0.340 e. The molecule has 1 heterocycles. The van der Waals surface area contributed by atoms with Gasteiger partial charge in [0, 0.05) is 19.0 Å². The van der Waals surface area contributed by atoms with Crippen LogP contribution < -0.4 is 0 Å². The van der Waals surface area contributed by atoms with Crippen molar-refractivity contribution in [3.8, 4) is 0 Å². The zero-order valence-corrected chi connectivity index (χ0v) is 12.6. The standard InChI is InChI=1S/C17H29NO/c1-12-4-3-5-13(2)18(11-12)17(19)10-16-9-14-6-7-15(16)8-14/h12-16H,3-11H2,1-2H3/t12-,13+,14+,15+,16+/m1/s1. The summed E-state index contributed by atoms with van der Waals surface area (Å²) in [6.07, 6.45) is 10.2. The van der Waals surface area contributed by atoms with E-state index in [1.165, 1.54) is 44.9 Å². The van der Waals surface area contributed by atoms with E-state index >= 15 is 0 Å². The highest BCUT2D eigenvalue weighted by atomic mass is 16.2. The summed E-state index contributed by atoms with van der Waals surface area (Å²) in [6, 6.07) is 0.469. The number of hydrogen-bond donors (Lipinski definition) is 0. The second-order valence-electron chi connectivity index (χ2n) is 7.57. The van der Waals surface area contributed by atoms with Crippen LogP contribution in [0.3, 0.4) is 0 Å². The number of carbonyl (C=O) groups excluding carboxylic acids is 1. The van der Waals surface area contributed by atoms with Gasteiger partial charge < -0.3 is 4.90 Å². The Bertz CT molecular complexity index is 340. The van der Waals surface area contributed by atoms with Gasteiger partial charge in [-0.3, -0.25) is 4.79 Å². The molecule has 0 unspecified atom stereocenters. The molecule has 2 heteroatoms. The van der Waals surface area contributed by atoms with Crippen molar-refractivity contribution in [2.45, 2.75) is 71.3 Å². The highest BCUT2D eigenvalue weighted by Crippen LogP contribution is 2.49. The molecule has 0 aromatic rings. The fraction of sp³-hybridized carbons (Fsp3) is 0.941. The zero-order chi connectivity index (χ0) is 13.4. The van der Waals surface area contributed by atoms with Crippen LogP contribution in [0.25, 0.3) is 0 Å². The van der Waals surface area contributed by atoms with E-state index in [2.05, 4.69) is 18.7 Å². The lowest BCUT2D eigenvalue weighted by atomic mass is 9.86. The maximum atomic E-state index is 12.7. The molecule has 2 aliphatic carbocycles. The van der Waals surface area contributed by atoms with Crippen LogP contribution in [-0.2, 0) is 4.79 Å². The molecule has 3 rings (SSSR count). The highest BCUT2D eigenvalue weighted by molar-refractivity contribution is 5.77. The minimum absolute atomic E-state index is 0.457. The van der Waals surface area contributed by atoms with Gasteiger partial charge in [-0.1, -0.05) is 19.8 Å². The smallest absolute Gasteiger partial charge is 0.223 e. The molecule has 2 saturated carbocycles. The zero-order valence-electron chi connectivity index (χ0n) is 12.6. The van der Waals surface area contributed by atoms with Gasteiger partial charge in [-0.05, 0) is 62.7 Å². The van der Waals surface area contributed by atoms with Gasteiger partial charge >= 0.3 is 0 Å². The summed E-state index contributed by atoms with van der Waals surface area (Å²) in [5, 5.41) is 0. The Hall–Kier alpha value is -0.530. The predicted octanol–water partition coefficient (Wildman–Crippen LogP) is 3.85. The largest absolute Gasteiger partial charge is 0.340 e. The van der Waals surface area contributed by atoms with Crippen LogP contribution in [-0.4, -0.2) is 23.4 Å². The van der Waals surface area contributed by atoms with E-state index in [1.807, 2.05) is 0 Å². The van der Waals surface area contributed by atoms with Crippen LogP contribution >= 0.6 is 0 Å². The van der Waals surface area contributed by atoms with Gasteiger partial charge in [-0.15, -0.1) is 0 Å². The Balaban J connectivity index is 1.59. The van der Waals surface area contributed by atoms with Crippen molar-refractivity contribution in [2.24, 2.45) is 23.7 Å². The quantitative estimate of drug-likeness (QED) is 0.741. The Labute approximate surface area is 117 Å². The molecule has 2 bridgehead atoms. The summed E-state index contributed by atoms with van der Waals surface area (Å²) in [4.78, 5) is 14.9. The van der Waals surface area contributed by atoms with Crippen molar-refractivity contribution in [1.82, 2.24) is 4.90 Å². The summed E-state index contributed by atoms with van der Waals surface area (Å²) < 4.78 is 0. The molecule has 19 heavy (non-hydrogen) atoms. The van der Waals surface area contributed by atoms with E-state index in [4.69, 9.17) is 0 Å². The molecule has 5 atom stereocenters. The molecule has 0 aromatic carbocycles. The summed E-state index contributed by atoms with van der Waals surface area (Å²) in [5.41, 5.74) is 0. The van der Waals surface area contributed by atoms with Gasteiger partial charge in [0.25, 0.3) is 0 Å². The second kappa shape index (κ2) is 5.46. The number of likely N-dealkylation sites (tertiary alicyclic amines) is 1. The summed E-state index contributed by atoms with van der Waals surface area (Å²) in [5.74, 6) is 3.71. The average Bonchev–Trinajstić information content (AvgIpc) is 2.93. The topological polar surface area (TPSA) is 20.3 Å². The fourth-order valence-corrected chi connectivity index (χ4v) is 4.84. The number of fused-ring (bicyclic) bond motifs is 2. The minimum atomic E-state index is 0.457. The summed E-state index contributed by atoms with van der Waals surface area (Å²) >= 11 is 0. The lowest BCUT2D eigenvalue weighted by molar-refractivity contribution is -0.135. The first-order valence-corrected chi connectivity index (χ1v) is 8.43. The van der Waals surface area contributed by atoms with Crippen LogP contribution in [0, 0.1) is 23.7 Å². The normalized spacial score (nSPS) is 42.4. The Morgan fingerprint density at radius 1 is 1.11 bits per heavy atom. The van der Waals surface area contributed by atoms with E-state index in [-0.39, 0.29) is 0 Å². The highest BCUT2D eigenvalue weighted by Gasteiger charge is 2.41. The maximum Gasteiger partial charge on any atom is 0.223 e. The fourth-order valence-electron chi connectivity index (χ4n) is 4.84. The third kappa shape index (κ3) is 2.83. The molecule has 3 fully saturated rings. The Morgan fingerprint density at radius 2 is 1.95 bits per heavy atom. The van der Waals surface area contributed by atoms with Gasteiger partial charge in [0.15, 0.2) is 0 Å². The van der Waals surface area contributed by atoms with Crippen LogP contribution in [0.1, 0.15) is 65.2 Å². The van der Waals surface area contributed by atoms with Crippen LogP contribution in [0.4, 0.5) is 0 Å². The van der Waals surface area contributed by atoms with Crippen LogP contribution in [0.2, 0.25) is 0 Å². The second-order valence-corrected chi connectivity index (χ2v) is 7.57. The van der Waals surface area contributed by atoms with Gasteiger partial charge in [0.2, 0.25) is 5.91 Å². The van der Waals surface area contributed by atoms with E-state index < -0.39 is 0 Å². The average molecular weight is 263 g/mol. The maximum absolute atomic E-state index is 12.7. The lowest BCUT2D eigenvalue weighted by Gasteiger charge is -2.31. The number of hydrogen-bond acceptors (Lipinski definition) is 1. The van der Waals surface area contributed by atoms with Crippen LogP contribution in [0.5, 0.6) is 0 Å². The van der Waals surface area contributed by atoms with Crippen molar-refractivity contribution in [3.63, 3.8) is 0 Å². The molecule has 0 spiro atoms. The van der Waals surface area contributed by atoms with Crippen LogP contribution in [0.15, 0.2) is 0 Å². The van der Waals surface area contributed by atoms with Gasteiger partial charge in [-0.25, -0.2) is 0 Å². The number of carbonyl (C=O) groups is 1. The number of nitrogens with zero attached hydrogens (tertiary/aromatic N) is 1. The first-order chi connectivity index (χ1) is 9.13. The van der Waals surface area contributed by atoms with E-state index in [9.17, 15) is 4.79 Å². The summed E-state index contributed by atoms with van der Waals surface area (Å²) in [6.45, 7) is 5.55. The van der Waals surface area contributed by atoms with Gasteiger partial charge in [-0.2, -0.15) is 0 Å². The molecule has 0 aromatic heterocycles. The Morgan fingerprint density at radius 3 is 2.63 bits per heavy atom. The molecule has 1 aliphatic heterocycles. The number of rotatable bonds is 2. The van der Waals surface area contributed by atoms with Gasteiger partial charge in [0.1, 0.15) is 0 Å². The third-order valence-corrected chi connectivity index (χ3v) is 6.00. The van der Waals surface area contributed by atoms with E-state index in [0.717, 1.165) is 30.7 Å². The van der Waals surface area contributed by atoms with Crippen molar-refractivity contribution >= 4 is 5.91 Å². The predicted molar refractivity (Wildman–Crippen MR) is 77.7 cm³/mol. The monoisotopic (exact) mass is 263 g/mol. The molecule has 1 saturated heterocycles. The summed E-state index contributed by atoms with van der Waals surface area (Å²) in [7, 11) is 0. The molecule has 0 radical (unpaired) electrons. The SMILES string of the molecule is C[C@@H]1CCC[C@H](C)N(C(=O)C[C@@H]2C[C@H]3CC[C@H]2C3)C1. The molecular formula is C17H29NO. The van der Waals surface area contributed by atoms with Crippen molar-refractivity contribution in [3.05, 3.63) is 0 Å². The third-order valence-electron chi connectivity index (χ3n) is 6.00. The molecule has 108 valence electrons. The van der Waals surface area contributed by atoms with Crippen molar-refractivity contribution in [2.75, 3.05) is 6.54 Å².